The summed E-state index contributed by atoms with van der Waals surface area (Å²) < 4.78 is 33.6. The molecule has 1 amide bonds. The standard InChI is InChI=1S/C20H27F2N3O2/c1-13-12-27-8-7-24(13)15-10-19(23-20(26)11-15)25-6-2-3-18(25)16-9-14(21)4-5-17(16)22/h4-5,9,13,15,18-19H,2-3,6-8,10-12H2,1H3,(H,23,26)/t13-,15?,18?,19?/m1/s1. The van der Waals surface area contributed by atoms with Crippen LogP contribution in [-0.4, -0.2) is 60.3 Å². The summed E-state index contributed by atoms with van der Waals surface area (Å²) in [5.41, 5.74) is 0.392. The fraction of sp³-hybridized carbons (Fsp3) is 0.650. The van der Waals surface area contributed by atoms with Crippen molar-refractivity contribution in [3.05, 3.63) is 35.4 Å². The number of hydrogen-bond acceptors (Lipinski definition) is 4. The molecule has 4 atom stereocenters. The zero-order chi connectivity index (χ0) is 19.0. The number of carbonyl (C=O) groups is 1. The molecule has 3 saturated heterocycles. The van der Waals surface area contributed by atoms with Gasteiger partial charge in [-0.2, -0.15) is 0 Å². The van der Waals surface area contributed by atoms with Crippen LogP contribution in [0.4, 0.5) is 8.78 Å². The minimum Gasteiger partial charge on any atom is -0.379 e. The van der Waals surface area contributed by atoms with Crippen molar-refractivity contribution >= 4 is 5.91 Å². The summed E-state index contributed by atoms with van der Waals surface area (Å²) in [6, 6.07) is 3.87. The van der Waals surface area contributed by atoms with Gasteiger partial charge in [-0.25, -0.2) is 8.78 Å². The summed E-state index contributed by atoms with van der Waals surface area (Å²) in [5.74, 6) is -0.778. The monoisotopic (exact) mass is 379 g/mol. The highest BCUT2D eigenvalue weighted by molar-refractivity contribution is 5.77. The van der Waals surface area contributed by atoms with Gasteiger partial charge >= 0.3 is 0 Å². The fourth-order valence-electron chi connectivity index (χ4n) is 4.88. The van der Waals surface area contributed by atoms with Crippen molar-refractivity contribution in [1.82, 2.24) is 15.1 Å². The third-order valence-corrected chi connectivity index (χ3v) is 6.14. The van der Waals surface area contributed by atoms with Gasteiger partial charge < -0.3 is 10.1 Å². The molecule has 3 heterocycles. The topological polar surface area (TPSA) is 44.8 Å². The van der Waals surface area contributed by atoms with Gasteiger partial charge in [0.2, 0.25) is 5.91 Å². The average molecular weight is 379 g/mol. The molecule has 1 aromatic carbocycles. The molecule has 27 heavy (non-hydrogen) atoms. The van der Waals surface area contributed by atoms with Crippen molar-refractivity contribution < 1.29 is 18.3 Å². The van der Waals surface area contributed by atoms with E-state index in [4.69, 9.17) is 4.74 Å². The predicted octanol–water partition coefficient (Wildman–Crippen LogP) is 2.43. The maximum atomic E-state index is 14.4. The molecular formula is C20H27F2N3O2. The molecule has 0 aromatic heterocycles. The highest BCUT2D eigenvalue weighted by Crippen LogP contribution is 2.37. The van der Waals surface area contributed by atoms with Crippen LogP contribution in [0.15, 0.2) is 18.2 Å². The van der Waals surface area contributed by atoms with E-state index < -0.39 is 5.82 Å². The van der Waals surface area contributed by atoms with Crippen LogP contribution in [0.3, 0.4) is 0 Å². The molecule has 1 aromatic rings. The summed E-state index contributed by atoms with van der Waals surface area (Å²) in [7, 11) is 0. The molecule has 4 rings (SSSR count). The van der Waals surface area contributed by atoms with Crippen LogP contribution >= 0.6 is 0 Å². The smallest absolute Gasteiger partial charge is 0.222 e. The maximum absolute atomic E-state index is 14.4. The van der Waals surface area contributed by atoms with Crippen molar-refractivity contribution in [2.24, 2.45) is 0 Å². The van der Waals surface area contributed by atoms with E-state index in [1.165, 1.54) is 12.1 Å². The van der Waals surface area contributed by atoms with E-state index in [1.807, 2.05) is 0 Å². The van der Waals surface area contributed by atoms with Crippen LogP contribution in [0.2, 0.25) is 0 Å². The largest absolute Gasteiger partial charge is 0.379 e. The van der Waals surface area contributed by atoms with Gasteiger partial charge in [0.1, 0.15) is 11.6 Å². The Bertz CT molecular complexity index is 702. The number of amides is 1. The summed E-state index contributed by atoms with van der Waals surface area (Å²) >= 11 is 0. The molecule has 3 aliphatic heterocycles. The Hall–Kier alpha value is -1.57. The Kier molecular flexibility index (Phi) is 5.43. The maximum Gasteiger partial charge on any atom is 0.222 e. The fourth-order valence-corrected chi connectivity index (χ4v) is 4.88. The molecule has 7 heteroatoms. The second-order valence-corrected chi connectivity index (χ2v) is 7.90. The van der Waals surface area contributed by atoms with Gasteiger partial charge in [0, 0.05) is 43.2 Å². The molecule has 3 fully saturated rings. The highest BCUT2D eigenvalue weighted by atomic mass is 19.1. The van der Waals surface area contributed by atoms with E-state index in [1.54, 1.807) is 0 Å². The van der Waals surface area contributed by atoms with Crippen LogP contribution in [0.5, 0.6) is 0 Å². The average Bonchev–Trinajstić information content (AvgIpc) is 3.13. The van der Waals surface area contributed by atoms with Crippen molar-refractivity contribution in [3.8, 4) is 0 Å². The molecule has 0 aliphatic carbocycles. The molecule has 0 spiro atoms. The van der Waals surface area contributed by atoms with Gasteiger partial charge in [0.15, 0.2) is 0 Å². The first-order chi connectivity index (χ1) is 13.0. The van der Waals surface area contributed by atoms with Crippen LogP contribution in [0.1, 0.15) is 44.2 Å². The SMILES string of the molecule is C[C@@H]1COCCN1C1CC(=O)NC(N2CCCC2c2cc(F)ccc2F)C1. The van der Waals surface area contributed by atoms with Crippen LogP contribution in [0, 0.1) is 11.6 Å². The first-order valence-corrected chi connectivity index (χ1v) is 9.86. The number of nitrogens with one attached hydrogen (secondary N) is 1. The lowest BCUT2D eigenvalue weighted by atomic mass is 9.97. The van der Waals surface area contributed by atoms with Gasteiger partial charge in [-0.15, -0.1) is 0 Å². The molecular weight excluding hydrogens is 352 g/mol. The third-order valence-electron chi connectivity index (χ3n) is 6.14. The molecule has 148 valence electrons. The molecule has 1 N–H and O–H groups in total. The van der Waals surface area contributed by atoms with Crippen LogP contribution in [-0.2, 0) is 9.53 Å². The number of morpholine rings is 1. The lowest BCUT2D eigenvalue weighted by Crippen LogP contribution is -2.59. The minimum atomic E-state index is -0.425. The van der Waals surface area contributed by atoms with Crippen molar-refractivity contribution in [2.75, 3.05) is 26.3 Å². The van der Waals surface area contributed by atoms with Gasteiger partial charge in [0.25, 0.3) is 0 Å². The number of ether oxygens (including phenoxy) is 1. The van der Waals surface area contributed by atoms with E-state index in [0.29, 0.717) is 25.2 Å². The van der Waals surface area contributed by atoms with E-state index in [0.717, 1.165) is 38.4 Å². The number of halogens is 2. The van der Waals surface area contributed by atoms with E-state index >= 15 is 0 Å². The summed E-state index contributed by atoms with van der Waals surface area (Å²) in [4.78, 5) is 16.9. The minimum absolute atomic E-state index is 0.0281. The number of piperidine rings is 1. The first-order valence-electron chi connectivity index (χ1n) is 9.86. The van der Waals surface area contributed by atoms with Crippen molar-refractivity contribution in [3.63, 3.8) is 0 Å². The Labute approximate surface area is 158 Å². The summed E-state index contributed by atoms with van der Waals surface area (Å²) in [5, 5.41) is 3.09. The molecule has 3 unspecified atom stereocenters. The highest BCUT2D eigenvalue weighted by Gasteiger charge is 2.40. The van der Waals surface area contributed by atoms with E-state index in [9.17, 15) is 13.6 Å². The number of carbonyl (C=O) groups excluding carboxylic acids is 1. The number of hydrogen-bond donors (Lipinski definition) is 1. The lowest BCUT2D eigenvalue weighted by molar-refractivity contribution is -0.130. The Morgan fingerprint density at radius 2 is 2.07 bits per heavy atom. The summed E-state index contributed by atoms with van der Waals surface area (Å²) in [6.07, 6.45) is 2.80. The van der Waals surface area contributed by atoms with Gasteiger partial charge in [-0.1, -0.05) is 0 Å². The Balaban J connectivity index is 1.54. The second-order valence-electron chi connectivity index (χ2n) is 7.90. The summed E-state index contributed by atoms with van der Waals surface area (Å²) in [6.45, 7) is 5.10. The van der Waals surface area contributed by atoms with Gasteiger partial charge in [-0.05, 0) is 44.4 Å². The number of nitrogens with zero attached hydrogens (tertiary/aromatic N) is 2. The molecule has 0 radical (unpaired) electrons. The second kappa shape index (κ2) is 7.81. The van der Waals surface area contributed by atoms with Gasteiger partial charge in [-0.3, -0.25) is 14.6 Å². The predicted molar refractivity (Wildman–Crippen MR) is 97.0 cm³/mol. The molecule has 0 bridgehead atoms. The lowest BCUT2D eigenvalue weighted by Gasteiger charge is -2.45. The zero-order valence-corrected chi connectivity index (χ0v) is 15.7. The van der Waals surface area contributed by atoms with Crippen LogP contribution in [0.25, 0.3) is 0 Å². The third kappa shape index (κ3) is 3.86. The van der Waals surface area contributed by atoms with Crippen molar-refractivity contribution in [2.45, 2.75) is 56.9 Å². The zero-order valence-electron chi connectivity index (χ0n) is 15.7. The Morgan fingerprint density at radius 1 is 1.22 bits per heavy atom. The quantitative estimate of drug-likeness (QED) is 0.876. The molecule has 3 aliphatic rings. The number of likely N-dealkylation sites (tertiary alicyclic amines) is 1. The van der Waals surface area contributed by atoms with Crippen LogP contribution < -0.4 is 5.32 Å². The normalized spacial score (nSPS) is 33.2. The first kappa shape index (κ1) is 18.8. The number of benzene rings is 1. The number of rotatable bonds is 3. The Morgan fingerprint density at radius 3 is 2.89 bits per heavy atom. The molecule has 5 nitrogen and oxygen atoms in total. The van der Waals surface area contributed by atoms with Gasteiger partial charge in [0.05, 0.1) is 19.4 Å². The van der Waals surface area contributed by atoms with E-state index in [-0.39, 0.29) is 36.0 Å². The van der Waals surface area contributed by atoms with E-state index in [2.05, 4.69) is 22.0 Å². The molecule has 0 saturated carbocycles. The van der Waals surface area contributed by atoms with Crippen molar-refractivity contribution in [1.29, 1.82) is 0 Å².